The zero-order valence-electron chi connectivity index (χ0n) is 16.9. The molecule has 0 radical (unpaired) electrons. The van der Waals surface area contributed by atoms with Crippen LogP contribution in [0.3, 0.4) is 0 Å². The smallest absolute Gasteiger partial charge is 0.408 e. The first-order valence-corrected chi connectivity index (χ1v) is 10.5. The van der Waals surface area contributed by atoms with Crippen molar-refractivity contribution in [2.75, 3.05) is 13.6 Å². The van der Waals surface area contributed by atoms with Crippen molar-refractivity contribution in [1.29, 1.82) is 0 Å². The largest absolute Gasteiger partial charge is 0.454 e. The number of hydrogen-bond acceptors (Lipinski definition) is 7. The summed E-state index contributed by atoms with van der Waals surface area (Å²) in [5.41, 5.74) is 0.864. The maximum Gasteiger partial charge on any atom is 0.408 e. The summed E-state index contributed by atoms with van der Waals surface area (Å²) < 4.78 is 27.2. The first-order valence-electron chi connectivity index (χ1n) is 10.5. The lowest BCUT2D eigenvalue weighted by Crippen LogP contribution is -2.38. The van der Waals surface area contributed by atoms with E-state index in [2.05, 4.69) is 5.32 Å². The summed E-state index contributed by atoms with van der Waals surface area (Å²) >= 11 is 0. The molecule has 8 heteroatoms. The van der Waals surface area contributed by atoms with Crippen LogP contribution < -0.4 is 24.3 Å². The molecule has 1 amide bonds. The third-order valence-electron chi connectivity index (χ3n) is 5.75. The maximum absolute atomic E-state index is 13.4. The second-order valence-electron chi connectivity index (χ2n) is 7.81. The van der Waals surface area contributed by atoms with Crippen molar-refractivity contribution in [3.8, 4) is 23.0 Å². The van der Waals surface area contributed by atoms with Gasteiger partial charge in [-0.25, -0.2) is 4.79 Å². The van der Waals surface area contributed by atoms with Crippen molar-refractivity contribution < 1.29 is 33.3 Å². The van der Waals surface area contributed by atoms with Crippen LogP contribution >= 0.6 is 0 Å². The number of alkyl carbamates (subject to hydrolysis) is 1. The number of hydrogen-bond donors (Lipinski definition) is 1. The summed E-state index contributed by atoms with van der Waals surface area (Å²) in [5, 5.41) is 2.91. The summed E-state index contributed by atoms with van der Waals surface area (Å²) in [6.07, 6.45) is 3.41. The van der Waals surface area contributed by atoms with E-state index in [9.17, 15) is 9.59 Å². The van der Waals surface area contributed by atoms with E-state index in [0.29, 0.717) is 34.1 Å². The van der Waals surface area contributed by atoms with Gasteiger partial charge in [0, 0.05) is 17.2 Å². The van der Waals surface area contributed by atoms with Crippen LogP contribution in [0.4, 0.5) is 4.79 Å². The molecule has 0 saturated heterocycles. The van der Waals surface area contributed by atoms with Crippen LogP contribution in [0.15, 0.2) is 36.4 Å². The first kappa shape index (κ1) is 19.5. The number of amides is 1. The van der Waals surface area contributed by atoms with Crippen LogP contribution in [0, 0.1) is 0 Å². The Kier molecular flexibility index (Phi) is 5.28. The monoisotopic (exact) mass is 425 g/mol. The van der Waals surface area contributed by atoms with Crippen LogP contribution in [-0.2, 0) is 4.74 Å². The van der Waals surface area contributed by atoms with E-state index in [0.717, 1.165) is 25.7 Å². The van der Waals surface area contributed by atoms with E-state index < -0.39 is 12.2 Å². The second-order valence-corrected chi connectivity index (χ2v) is 7.81. The van der Waals surface area contributed by atoms with Crippen LogP contribution in [0.25, 0.3) is 0 Å². The van der Waals surface area contributed by atoms with Crippen molar-refractivity contribution >= 4 is 11.9 Å². The van der Waals surface area contributed by atoms with E-state index in [1.165, 1.54) is 6.42 Å². The normalized spacial score (nSPS) is 17.8. The van der Waals surface area contributed by atoms with E-state index in [-0.39, 0.29) is 25.4 Å². The van der Waals surface area contributed by atoms with Gasteiger partial charge in [0.25, 0.3) is 0 Å². The predicted octanol–water partition coefficient (Wildman–Crippen LogP) is 4.13. The molecule has 1 fully saturated rings. The molecule has 1 N–H and O–H groups in total. The molecule has 2 aliphatic heterocycles. The fraction of sp³-hybridized carbons (Fsp3) is 0.391. The van der Waals surface area contributed by atoms with Gasteiger partial charge in [-0.3, -0.25) is 4.79 Å². The average molecular weight is 425 g/mol. The van der Waals surface area contributed by atoms with E-state index in [4.69, 9.17) is 23.7 Å². The number of nitrogens with one attached hydrogen (secondary N) is 1. The minimum atomic E-state index is -1.14. The lowest BCUT2D eigenvalue weighted by molar-refractivity contribution is 0.0613. The minimum Gasteiger partial charge on any atom is -0.454 e. The fourth-order valence-corrected chi connectivity index (χ4v) is 4.10. The minimum absolute atomic E-state index is 0.0688. The third kappa shape index (κ3) is 4.10. The SMILES string of the molecule is O=C(NC1CCCCC1)OC(C(=O)c1ccc2c(c1)OCO2)c1ccc2c(c1)OCO2. The van der Waals surface area contributed by atoms with Gasteiger partial charge in [0.1, 0.15) is 0 Å². The molecule has 3 aliphatic rings. The highest BCUT2D eigenvalue weighted by atomic mass is 16.7. The Morgan fingerprint density at radius 2 is 1.48 bits per heavy atom. The van der Waals surface area contributed by atoms with Gasteiger partial charge >= 0.3 is 6.09 Å². The molecule has 0 bridgehead atoms. The van der Waals surface area contributed by atoms with Gasteiger partial charge in [-0.2, -0.15) is 0 Å². The number of carbonyl (C=O) groups is 2. The molecular weight excluding hydrogens is 402 g/mol. The Morgan fingerprint density at radius 3 is 2.23 bits per heavy atom. The van der Waals surface area contributed by atoms with Gasteiger partial charge in [0.15, 0.2) is 29.1 Å². The van der Waals surface area contributed by atoms with E-state index >= 15 is 0 Å². The van der Waals surface area contributed by atoms with Crippen molar-refractivity contribution in [3.63, 3.8) is 0 Å². The summed E-state index contributed by atoms with van der Waals surface area (Å²) in [6, 6.07) is 10.1. The molecule has 2 heterocycles. The van der Waals surface area contributed by atoms with Crippen LogP contribution in [0.2, 0.25) is 0 Å². The molecule has 1 aliphatic carbocycles. The standard InChI is InChI=1S/C23H23NO7/c25-21(14-6-8-17-19(10-14)29-12-27-17)22(15-7-9-18-20(11-15)30-13-28-18)31-23(26)24-16-4-2-1-3-5-16/h6-11,16,22H,1-5,12-13H2,(H,24,26). The molecule has 1 saturated carbocycles. The summed E-state index contributed by atoms with van der Waals surface area (Å²) in [6.45, 7) is 0.224. The Hall–Kier alpha value is -3.42. The van der Waals surface area contributed by atoms with Gasteiger partial charge in [-0.05, 0) is 43.2 Å². The lowest BCUT2D eigenvalue weighted by Gasteiger charge is -2.24. The van der Waals surface area contributed by atoms with Crippen molar-refractivity contribution in [1.82, 2.24) is 5.32 Å². The van der Waals surface area contributed by atoms with Gasteiger partial charge < -0.3 is 29.0 Å². The molecule has 0 spiro atoms. The predicted molar refractivity (Wildman–Crippen MR) is 109 cm³/mol. The topological polar surface area (TPSA) is 92.3 Å². The summed E-state index contributed by atoms with van der Waals surface area (Å²) in [5.74, 6) is 1.80. The zero-order valence-corrected chi connectivity index (χ0v) is 16.9. The lowest BCUT2D eigenvalue weighted by atomic mass is 9.96. The van der Waals surface area contributed by atoms with Crippen LogP contribution in [-0.4, -0.2) is 31.5 Å². The molecule has 2 aromatic rings. The average Bonchev–Trinajstić information content (AvgIpc) is 3.45. The molecular formula is C23H23NO7. The molecule has 0 aromatic heterocycles. The number of ether oxygens (including phenoxy) is 5. The highest BCUT2D eigenvalue weighted by molar-refractivity contribution is 6.01. The van der Waals surface area contributed by atoms with Gasteiger partial charge in [0.2, 0.25) is 19.4 Å². The molecule has 162 valence electrons. The molecule has 5 rings (SSSR count). The van der Waals surface area contributed by atoms with Crippen molar-refractivity contribution in [2.45, 2.75) is 44.2 Å². The number of Topliss-reactive ketones (excluding diaryl/α,β-unsaturated/α-hetero) is 1. The number of rotatable bonds is 5. The van der Waals surface area contributed by atoms with E-state index in [1.54, 1.807) is 36.4 Å². The van der Waals surface area contributed by atoms with Crippen molar-refractivity contribution in [2.24, 2.45) is 0 Å². The van der Waals surface area contributed by atoms with E-state index in [1.807, 2.05) is 0 Å². The fourth-order valence-electron chi connectivity index (χ4n) is 4.10. The highest BCUT2D eigenvalue weighted by Gasteiger charge is 2.30. The zero-order chi connectivity index (χ0) is 21.2. The van der Waals surface area contributed by atoms with Gasteiger partial charge in [0.05, 0.1) is 0 Å². The summed E-state index contributed by atoms with van der Waals surface area (Å²) in [7, 11) is 0. The number of ketones is 1. The molecule has 2 aromatic carbocycles. The number of benzene rings is 2. The number of fused-ring (bicyclic) bond motifs is 2. The third-order valence-corrected chi connectivity index (χ3v) is 5.75. The second kappa shape index (κ2) is 8.37. The van der Waals surface area contributed by atoms with Gasteiger partial charge in [-0.1, -0.05) is 25.3 Å². The molecule has 1 unspecified atom stereocenters. The molecule has 1 atom stereocenters. The summed E-state index contributed by atoms with van der Waals surface area (Å²) in [4.78, 5) is 26.1. The van der Waals surface area contributed by atoms with Crippen LogP contribution in [0.5, 0.6) is 23.0 Å². The Bertz CT molecular complexity index is 999. The first-order chi connectivity index (χ1) is 15.2. The van der Waals surface area contributed by atoms with Crippen molar-refractivity contribution in [3.05, 3.63) is 47.5 Å². The Morgan fingerprint density at radius 1 is 0.839 bits per heavy atom. The van der Waals surface area contributed by atoms with Gasteiger partial charge in [-0.15, -0.1) is 0 Å². The maximum atomic E-state index is 13.4. The Labute approximate surface area is 179 Å². The molecule has 31 heavy (non-hydrogen) atoms. The number of carbonyl (C=O) groups excluding carboxylic acids is 2. The van der Waals surface area contributed by atoms with Crippen LogP contribution in [0.1, 0.15) is 54.1 Å². The quantitative estimate of drug-likeness (QED) is 0.720. The Balaban J connectivity index is 1.40. The highest BCUT2D eigenvalue weighted by Crippen LogP contribution is 2.37. The molecule has 8 nitrogen and oxygen atoms in total.